The molecule has 0 aliphatic heterocycles. The zero-order chi connectivity index (χ0) is 2.00. The zero-order valence-corrected chi connectivity index (χ0v) is 7.11. The van der Waals surface area contributed by atoms with Crippen LogP contribution in [0.15, 0.2) is 0 Å². The van der Waals surface area contributed by atoms with Gasteiger partial charge in [0.05, 0.1) is 0 Å². The topological polar surface area (TPSA) is 0 Å². The Labute approximate surface area is 60.7 Å². The SMILES string of the molecule is S.[Ag].[S]=[Ge]. The minimum absolute atomic E-state index is 0. The molecule has 0 amide bonds. The Balaban J connectivity index is -0.00000000500. The molecule has 0 nitrogen and oxygen atoms in total. The van der Waals surface area contributed by atoms with E-state index in [1.165, 1.54) is 0 Å². The molecule has 0 aromatic rings. The van der Waals surface area contributed by atoms with E-state index in [9.17, 15) is 0 Å². The van der Waals surface area contributed by atoms with Crippen LogP contribution in [0.4, 0.5) is 0 Å². The first-order chi connectivity index (χ1) is 1.00. The molecule has 0 spiro atoms. The van der Waals surface area contributed by atoms with Crippen LogP contribution in [0.5, 0.6) is 0 Å². The predicted molar refractivity (Wildman–Crippen MR) is 23.7 cm³/mol. The third-order valence-corrected chi connectivity index (χ3v) is 0. The molecule has 0 saturated heterocycles. The Morgan fingerprint density at radius 1 is 1.25 bits per heavy atom. The van der Waals surface area contributed by atoms with E-state index in [1.807, 2.05) is 0 Å². The monoisotopic (exact) mass is 247 g/mol. The number of rotatable bonds is 0. The Bertz CT molecular complexity index is 6.00. The van der Waals surface area contributed by atoms with Crippen LogP contribution in [0.2, 0.25) is 0 Å². The van der Waals surface area contributed by atoms with Crippen molar-refractivity contribution in [3.63, 3.8) is 0 Å². The van der Waals surface area contributed by atoms with Gasteiger partial charge in [0.1, 0.15) is 0 Å². The Kier molecular flexibility index (Phi) is 88.8. The molecule has 0 aromatic carbocycles. The van der Waals surface area contributed by atoms with Crippen LogP contribution in [0.25, 0.3) is 0 Å². The van der Waals surface area contributed by atoms with Crippen LogP contribution in [-0.4, -0.2) is 14.9 Å². The van der Waals surface area contributed by atoms with Gasteiger partial charge in [-0.1, -0.05) is 0 Å². The van der Waals surface area contributed by atoms with Crippen LogP contribution in [0.3, 0.4) is 0 Å². The molecular weight excluding hydrogens is 245 g/mol. The molecule has 0 aliphatic rings. The van der Waals surface area contributed by atoms with Gasteiger partial charge in [0, 0.05) is 22.4 Å². The molecule has 0 aliphatic carbocycles. The second kappa shape index (κ2) is 21.0. The summed E-state index contributed by atoms with van der Waals surface area (Å²) in [6.07, 6.45) is 0. The second-order valence-electron chi connectivity index (χ2n) is 0. The van der Waals surface area contributed by atoms with E-state index < -0.39 is 0 Å². The van der Waals surface area contributed by atoms with E-state index >= 15 is 0 Å². The maximum absolute atomic E-state index is 4.08. The molecule has 0 aromatic heterocycles. The van der Waals surface area contributed by atoms with Crippen molar-refractivity contribution in [1.29, 1.82) is 0 Å². The van der Waals surface area contributed by atoms with Gasteiger partial charge in [-0.2, -0.15) is 13.5 Å². The van der Waals surface area contributed by atoms with Gasteiger partial charge in [0.15, 0.2) is 0 Å². The van der Waals surface area contributed by atoms with E-state index in [1.54, 1.807) is 14.9 Å². The fraction of sp³-hybridized carbons (Fsp3) is 0. The molecule has 3 radical (unpaired) electrons. The van der Waals surface area contributed by atoms with Crippen molar-refractivity contribution in [1.82, 2.24) is 0 Å². The van der Waals surface area contributed by atoms with Crippen molar-refractivity contribution < 1.29 is 22.4 Å². The summed E-state index contributed by atoms with van der Waals surface area (Å²) in [4.78, 5) is 0. The van der Waals surface area contributed by atoms with Gasteiger partial charge in [-0.3, -0.25) is 0 Å². The summed E-state index contributed by atoms with van der Waals surface area (Å²) in [6.45, 7) is 0. The van der Waals surface area contributed by atoms with E-state index in [4.69, 9.17) is 0 Å². The average Bonchev–Trinajstić information content (AvgIpc) is 1.00. The van der Waals surface area contributed by atoms with E-state index in [2.05, 4.69) is 10.5 Å². The summed E-state index contributed by atoms with van der Waals surface area (Å²) in [7, 11) is 4.08. The standard InChI is InChI=1S/Ag.GeS.H2S/c;1-2;/h;;1H2. The maximum atomic E-state index is 4.08. The molecule has 29 valence electrons. The molecule has 0 fully saturated rings. The summed E-state index contributed by atoms with van der Waals surface area (Å²) in [5.41, 5.74) is 0. The van der Waals surface area contributed by atoms with Gasteiger partial charge in [0.25, 0.3) is 0 Å². The normalized spacial score (nSPS) is 1.00. The quantitative estimate of drug-likeness (QED) is 0.557. The molecule has 0 atom stereocenters. The fourth-order valence-corrected chi connectivity index (χ4v) is 0. The van der Waals surface area contributed by atoms with Gasteiger partial charge in [-0.25, -0.2) is 0 Å². The molecule has 0 bridgehead atoms. The molecule has 4 heteroatoms. The van der Waals surface area contributed by atoms with Gasteiger partial charge in [-0.05, 0) is 0 Å². The average molecular weight is 247 g/mol. The summed E-state index contributed by atoms with van der Waals surface area (Å²) >= 11 is 1.58. The van der Waals surface area contributed by atoms with E-state index in [-0.39, 0.29) is 35.9 Å². The van der Waals surface area contributed by atoms with Crippen LogP contribution < -0.4 is 0 Å². The number of hydrogen-bond donors (Lipinski definition) is 0. The van der Waals surface area contributed by atoms with Crippen molar-refractivity contribution in [2.24, 2.45) is 0 Å². The van der Waals surface area contributed by atoms with Crippen molar-refractivity contribution in [2.45, 2.75) is 0 Å². The van der Waals surface area contributed by atoms with Crippen molar-refractivity contribution in [3.8, 4) is 0 Å². The first-order valence-electron chi connectivity index (χ1n) is 0.204. The van der Waals surface area contributed by atoms with Crippen molar-refractivity contribution in [3.05, 3.63) is 0 Å². The molecule has 0 unspecified atom stereocenters. The first-order valence-corrected chi connectivity index (χ1v) is 3.18. The van der Waals surface area contributed by atoms with Gasteiger partial charge in [0.2, 0.25) is 0 Å². The van der Waals surface area contributed by atoms with Crippen LogP contribution in [0.1, 0.15) is 0 Å². The Morgan fingerprint density at radius 2 is 1.25 bits per heavy atom. The molecular formula is H2AgGeS2. The Hall–Kier alpha value is 1.85. The third kappa shape index (κ3) is 9.13. The Morgan fingerprint density at radius 3 is 1.25 bits per heavy atom. The molecule has 0 N–H and O–H groups in total. The van der Waals surface area contributed by atoms with Gasteiger partial charge < -0.3 is 0 Å². The molecule has 0 saturated carbocycles. The predicted octanol–water partition coefficient (Wildman–Crippen LogP) is 0.378. The minimum atomic E-state index is 0. The summed E-state index contributed by atoms with van der Waals surface area (Å²) in [6, 6.07) is 0. The van der Waals surface area contributed by atoms with Crippen LogP contribution in [-0.2, 0) is 22.4 Å². The van der Waals surface area contributed by atoms with Crippen LogP contribution in [0, 0.1) is 0 Å². The molecule has 4 heavy (non-hydrogen) atoms. The van der Waals surface area contributed by atoms with E-state index in [0.717, 1.165) is 0 Å². The van der Waals surface area contributed by atoms with Gasteiger partial charge in [-0.15, -0.1) is 0 Å². The molecule has 0 rings (SSSR count). The zero-order valence-electron chi connectivity index (χ0n) is 1.71. The van der Waals surface area contributed by atoms with Crippen molar-refractivity contribution in [2.75, 3.05) is 0 Å². The summed E-state index contributed by atoms with van der Waals surface area (Å²) < 4.78 is 0. The molecule has 0 heterocycles. The van der Waals surface area contributed by atoms with Crippen LogP contribution >= 0.6 is 24.0 Å². The van der Waals surface area contributed by atoms with Crippen molar-refractivity contribution >= 4 is 38.8 Å². The van der Waals surface area contributed by atoms with Gasteiger partial charge >= 0.3 is 25.3 Å². The fourth-order valence-electron chi connectivity index (χ4n) is 0. The summed E-state index contributed by atoms with van der Waals surface area (Å²) in [5.74, 6) is 0. The van der Waals surface area contributed by atoms with E-state index in [0.29, 0.717) is 0 Å². The number of hydrogen-bond acceptors (Lipinski definition) is 1. The second-order valence-corrected chi connectivity index (χ2v) is 0. The first kappa shape index (κ1) is 16.9. The third-order valence-electron chi connectivity index (χ3n) is 0. The summed E-state index contributed by atoms with van der Waals surface area (Å²) in [5, 5.41) is 0.